The fraction of sp³-hybridized carbons (Fsp3) is 0.444. The number of hydrogen-bond donors (Lipinski definition) is 1. The molecule has 1 unspecified atom stereocenters. The molecule has 0 saturated carbocycles. The zero-order chi connectivity index (χ0) is 23.9. The number of rotatable bonds is 16. The van der Waals surface area contributed by atoms with Crippen LogP contribution in [-0.2, 0) is 25.4 Å². The highest BCUT2D eigenvalue weighted by molar-refractivity contribution is 5.71. The average molecular weight is 457 g/mol. The fourth-order valence-corrected chi connectivity index (χ4v) is 3.43. The Morgan fingerprint density at radius 2 is 1.82 bits per heavy atom. The van der Waals surface area contributed by atoms with E-state index in [0.29, 0.717) is 19.0 Å². The first-order valence-corrected chi connectivity index (χ1v) is 11.5. The third-order valence-electron chi connectivity index (χ3n) is 5.04. The zero-order valence-corrected chi connectivity index (χ0v) is 19.9. The largest absolute Gasteiger partial charge is 0.481 e. The van der Waals surface area contributed by atoms with Crippen LogP contribution in [0.1, 0.15) is 68.1 Å². The van der Waals surface area contributed by atoms with Gasteiger partial charge in [-0.05, 0) is 68.0 Å². The van der Waals surface area contributed by atoms with Crippen molar-refractivity contribution in [3.05, 3.63) is 64.7 Å². The number of unbranched alkanes of at least 4 members (excludes halogenated alkanes) is 2. The van der Waals surface area contributed by atoms with Crippen LogP contribution in [0.3, 0.4) is 0 Å². The Bertz CT molecular complexity index is 877. The first-order valence-electron chi connectivity index (χ1n) is 11.5. The second-order valence-electron chi connectivity index (χ2n) is 7.65. The second kappa shape index (κ2) is 15.2. The van der Waals surface area contributed by atoms with Crippen LogP contribution in [0, 0.1) is 0 Å². The van der Waals surface area contributed by atoms with E-state index in [4.69, 9.17) is 24.1 Å². The van der Waals surface area contributed by atoms with Gasteiger partial charge in [-0.2, -0.15) is 0 Å². The number of carbonyl (C=O) groups is 1. The molecule has 6 nitrogen and oxygen atoms in total. The third-order valence-corrected chi connectivity index (χ3v) is 5.04. The number of carboxylic acids is 1. The molecule has 1 atom stereocenters. The lowest BCUT2D eigenvalue weighted by molar-refractivity contribution is -0.137. The predicted molar refractivity (Wildman–Crippen MR) is 130 cm³/mol. The molecule has 2 aromatic rings. The standard InChI is InChI=1S/C27H36O6/c1-4-31-20-33-25-18-23(17-24(19-25)27(30-3)32-5-2)15-14-22-12-9-11-21(16-22)10-7-6-8-13-26(28)29/h9,11-12,14-19,27H,4-8,10,13,20H2,1-3H3,(H,28,29). The smallest absolute Gasteiger partial charge is 0.303 e. The van der Waals surface area contributed by atoms with Gasteiger partial charge >= 0.3 is 5.97 Å². The van der Waals surface area contributed by atoms with E-state index in [-0.39, 0.29) is 13.2 Å². The van der Waals surface area contributed by atoms with Crippen LogP contribution < -0.4 is 4.74 Å². The van der Waals surface area contributed by atoms with Gasteiger partial charge in [0.05, 0.1) is 0 Å². The summed E-state index contributed by atoms with van der Waals surface area (Å²) in [6, 6.07) is 14.3. The fourth-order valence-electron chi connectivity index (χ4n) is 3.43. The van der Waals surface area contributed by atoms with E-state index < -0.39 is 12.3 Å². The summed E-state index contributed by atoms with van der Waals surface area (Å²) in [6.45, 7) is 5.16. The van der Waals surface area contributed by atoms with Crippen molar-refractivity contribution in [3.8, 4) is 5.75 Å². The summed E-state index contributed by atoms with van der Waals surface area (Å²) in [5, 5.41) is 8.74. The molecule has 0 amide bonds. The molecule has 2 aromatic carbocycles. The molecular formula is C27H36O6. The molecular weight excluding hydrogens is 420 g/mol. The molecule has 0 bridgehead atoms. The number of benzene rings is 2. The molecule has 0 fully saturated rings. The molecule has 0 aliphatic rings. The Balaban J connectivity index is 2.11. The number of ether oxygens (including phenoxy) is 4. The van der Waals surface area contributed by atoms with Gasteiger partial charge in [0.15, 0.2) is 13.1 Å². The highest BCUT2D eigenvalue weighted by Crippen LogP contribution is 2.26. The Morgan fingerprint density at radius 1 is 1.00 bits per heavy atom. The Kier molecular flexibility index (Phi) is 12.3. The Hall–Kier alpha value is -2.67. The molecule has 0 aliphatic carbocycles. The maximum absolute atomic E-state index is 10.6. The van der Waals surface area contributed by atoms with Crippen molar-refractivity contribution in [2.24, 2.45) is 0 Å². The van der Waals surface area contributed by atoms with Crippen molar-refractivity contribution < 1.29 is 28.8 Å². The van der Waals surface area contributed by atoms with Crippen LogP contribution in [0.5, 0.6) is 5.75 Å². The molecule has 33 heavy (non-hydrogen) atoms. The summed E-state index contributed by atoms with van der Waals surface area (Å²) in [6.07, 6.45) is 7.46. The molecule has 2 rings (SSSR count). The van der Waals surface area contributed by atoms with Crippen molar-refractivity contribution in [1.82, 2.24) is 0 Å². The highest BCUT2D eigenvalue weighted by Gasteiger charge is 2.12. The van der Waals surface area contributed by atoms with Crippen LogP contribution >= 0.6 is 0 Å². The van der Waals surface area contributed by atoms with Gasteiger partial charge in [0.2, 0.25) is 0 Å². The van der Waals surface area contributed by atoms with Crippen molar-refractivity contribution in [3.63, 3.8) is 0 Å². The maximum atomic E-state index is 10.6. The number of hydrogen-bond acceptors (Lipinski definition) is 5. The lowest BCUT2D eigenvalue weighted by Crippen LogP contribution is -2.08. The van der Waals surface area contributed by atoms with Gasteiger partial charge < -0.3 is 24.1 Å². The van der Waals surface area contributed by atoms with Crippen LogP contribution in [-0.4, -0.2) is 38.2 Å². The van der Waals surface area contributed by atoms with Gasteiger partial charge in [-0.25, -0.2) is 0 Å². The monoisotopic (exact) mass is 456 g/mol. The molecule has 1 N–H and O–H groups in total. The van der Waals surface area contributed by atoms with E-state index in [1.165, 1.54) is 5.56 Å². The Morgan fingerprint density at radius 3 is 2.55 bits per heavy atom. The summed E-state index contributed by atoms with van der Waals surface area (Å²) in [5.41, 5.74) is 4.20. The minimum absolute atomic E-state index is 0.184. The van der Waals surface area contributed by atoms with E-state index in [9.17, 15) is 4.79 Å². The molecule has 0 aromatic heterocycles. The highest BCUT2D eigenvalue weighted by atomic mass is 16.7. The Labute approximate surface area is 197 Å². The molecule has 0 heterocycles. The van der Waals surface area contributed by atoms with E-state index >= 15 is 0 Å². The number of aryl methyl sites for hydroxylation is 1. The van der Waals surface area contributed by atoms with Crippen molar-refractivity contribution >= 4 is 18.1 Å². The van der Waals surface area contributed by atoms with E-state index in [0.717, 1.165) is 42.4 Å². The van der Waals surface area contributed by atoms with Crippen molar-refractivity contribution in [1.29, 1.82) is 0 Å². The first kappa shape index (κ1) is 26.6. The lowest BCUT2D eigenvalue weighted by atomic mass is 10.0. The number of carboxylic acid groups (broad SMARTS) is 1. The molecule has 0 saturated heterocycles. The van der Waals surface area contributed by atoms with E-state index in [1.54, 1.807) is 7.11 Å². The molecule has 0 spiro atoms. The summed E-state index contributed by atoms with van der Waals surface area (Å²) in [4.78, 5) is 10.6. The average Bonchev–Trinajstić information content (AvgIpc) is 2.81. The summed E-state index contributed by atoms with van der Waals surface area (Å²) < 4.78 is 22.3. The SMILES string of the molecule is CCOCOc1cc(C=Cc2cccc(CCCCCC(=O)O)c2)cc(C(OC)OCC)c1. The van der Waals surface area contributed by atoms with E-state index in [2.05, 4.69) is 30.3 Å². The van der Waals surface area contributed by atoms with Gasteiger partial charge in [-0.15, -0.1) is 0 Å². The number of methoxy groups -OCH3 is 1. The van der Waals surface area contributed by atoms with Crippen LogP contribution in [0.15, 0.2) is 42.5 Å². The normalized spacial score (nSPS) is 12.2. The van der Waals surface area contributed by atoms with Crippen molar-refractivity contribution in [2.45, 2.75) is 52.2 Å². The van der Waals surface area contributed by atoms with Gasteiger partial charge in [-0.3, -0.25) is 4.79 Å². The minimum Gasteiger partial charge on any atom is -0.481 e. The van der Waals surface area contributed by atoms with Crippen molar-refractivity contribution in [2.75, 3.05) is 27.1 Å². The van der Waals surface area contributed by atoms with Crippen LogP contribution in [0.2, 0.25) is 0 Å². The topological polar surface area (TPSA) is 74.2 Å². The van der Waals surface area contributed by atoms with Gasteiger partial charge in [0, 0.05) is 32.3 Å². The lowest BCUT2D eigenvalue weighted by Gasteiger charge is -2.17. The summed E-state index contributed by atoms with van der Waals surface area (Å²) >= 11 is 0. The van der Waals surface area contributed by atoms with Gasteiger partial charge in [-0.1, -0.05) is 42.8 Å². The number of aliphatic carboxylic acids is 1. The molecule has 6 heteroatoms. The van der Waals surface area contributed by atoms with E-state index in [1.807, 2.05) is 38.1 Å². The minimum atomic E-state index is -0.726. The van der Waals surface area contributed by atoms with Gasteiger partial charge in [0.1, 0.15) is 5.75 Å². The molecule has 180 valence electrons. The second-order valence-corrected chi connectivity index (χ2v) is 7.65. The predicted octanol–water partition coefficient (Wildman–Crippen LogP) is 6.10. The summed E-state index contributed by atoms with van der Waals surface area (Å²) in [5.74, 6) is -0.0341. The van der Waals surface area contributed by atoms with Gasteiger partial charge in [0.25, 0.3) is 0 Å². The molecule has 0 radical (unpaired) electrons. The first-order chi connectivity index (χ1) is 16.0. The van der Waals surface area contributed by atoms with Crippen LogP contribution in [0.25, 0.3) is 12.2 Å². The quantitative estimate of drug-likeness (QED) is 0.187. The third kappa shape index (κ3) is 10.2. The zero-order valence-electron chi connectivity index (χ0n) is 19.9. The maximum Gasteiger partial charge on any atom is 0.303 e. The summed E-state index contributed by atoms with van der Waals surface area (Å²) in [7, 11) is 1.62. The molecule has 0 aliphatic heterocycles. The van der Waals surface area contributed by atoms with Crippen LogP contribution in [0.4, 0.5) is 0 Å².